The van der Waals surface area contributed by atoms with E-state index in [0.717, 1.165) is 19.3 Å². The van der Waals surface area contributed by atoms with Gasteiger partial charge in [-0.15, -0.1) is 0 Å². The highest BCUT2D eigenvalue weighted by molar-refractivity contribution is 5.92. The van der Waals surface area contributed by atoms with Gasteiger partial charge in [-0.2, -0.15) is 0 Å². The highest BCUT2D eigenvalue weighted by Crippen LogP contribution is 2.24. The van der Waals surface area contributed by atoms with E-state index in [4.69, 9.17) is 4.74 Å². The van der Waals surface area contributed by atoms with Crippen molar-refractivity contribution in [1.29, 1.82) is 0 Å². The molecule has 0 unspecified atom stereocenters. The van der Waals surface area contributed by atoms with Crippen molar-refractivity contribution in [3.05, 3.63) is 36.4 Å². The molecule has 0 aliphatic carbocycles. The molecule has 0 aromatic heterocycles. The first-order valence-corrected chi connectivity index (χ1v) is 5.44. The molecule has 0 amide bonds. The first-order valence-electron chi connectivity index (χ1n) is 5.44. The third-order valence-electron chi connectivity index (χ3n) is 1.98. The van der Waals surface area contributed by atoms with Crippen molar-refractivity contribution in [2.24, 2.45) is 0 Å². The molecule has 20 heavy (non-hydrogen) atoms. The van der Waals surface area contributed by atoms with Crippen LogP contribution in [0.15, 0.2) is 36.4 Å². The van der Waals surface area contributed by atoms with E-state index >= 15 is 0 Å². The Morgan fingerprint density at radius 2 is 1.80 bits per heavy atom. The number of hydrogen-bond donors (Lipinski definition) is 1. The van der Waals surface area contributed by atoms with Crippen LogP contribution in [0.2, 0.25) is 0 Å². The van der Waals surface area contributed by atoms with Gasteiger partial charge in [-0.1, -0.05) is 12.1 Å². The third-order valence-corrected chi connectivity index (χ3v) is 1.98. The zero-order valence-electron chi connectivity index (χ0n) is 10.6. The molecule has 0 aliphatic heterocycles. The lowest BCUT2D eigenvalue weighted by molar-refractivity contribution is -0.150. The van der Waals surface area contributed by atoms with E-state index in [-0.39, 0.29) is 11.5 Å². The molecule has 0 bridgehead atoms. The van der Waals surface area contributed by atoms with Gasteiger partial charge in [0.25, 0.3) is 0 Å². The maximum atomic E-state index is 11.3. The summed E-state index contributed by atoms with van der Waals surface area (Å²) in [5, 5.41) is 9.36. The molecule has 0 atom stereocenters. The molecule has 0 fully saturated rings. The van der Waals surface area contributed by atoms with E-state index in [9.17, 15) is 19.5 Å². The van der Waals surface area contributed by atoms with E-state index < -0.39 is 24.5 Å². The number of hydrogen-bond acceptors (Lipinski definition) is 7. The van der Waals surface area contributed by atoms with Crippen LogP contribution >= 0.6 is 0 Å². The first-order chi connectivity index (χ1) is 9.52. The Morgan fingerprint density at radius 1 is 1.15 bits per heavy atom. The van der Waals surface area contributed by atoms with Crippen LogP contribution in [0.1, 0.15) is 0 Å². The van der Waals surface area contributed by atoms with Crippen LogP contribution in [0.3, 0.4) is 0 Å². The van der Waals surface area contributed by atoms with Crippen molar-refractivity contribution in [1.82, 2.24) is 0 Å². The van der Waals surface area contributed by atoms with E-state index in [1.54, 1.807) is 12.1 Å². The maximum Gasteiger partial charge on any atom is 0.349 e. The molecule has 0 radical (unpaired) electrons. The number of esters is 3. The van der Waals surface area contributed by atoms with Gasteiger partial charge in [0.15, 0.2) is 18.1 Å². The van der Waals surface area contributed by atoms with E-state index in [0.29, 0.717) is 0 Å². The maximum absolute atomic E-state index is 11.3. The summed E-state index contributed by atoms with van der Waals surface area (Å²) >= 11 is 0. The second-order valence-corrected chi connectivity index (χ2v) is 3.41. The van der Waals surface area contributed by atoms with Crippen molar-refractivity contribution in [2.75, 3.05) is 13.7 Å². The molecule has 1 aromatic carbocycles. The zero-order valence-corrected chi connectivity index (χ0v) is 10.6. The first kappa shape index (κ1) is 15.2. The number of carbonyl (C=O) groups excluding carboxylic acids is 3. The summed E-state index contributed by atoms with van der Waals surface area (Å²) in [5.74, 6) is -2.74. The molecule has 7 nitrogen and oxygen atoms in total. The number of benzene rings is 1. The molecule has 0 heterocycles. The number of carbonyl (C=O) groups is 3. The Hall–Kier alpha value is -2.83. The smallest absolute Gasteiger partial charge is 0.349 e. The van der Waals surface area contributed by atoms with Gasteiger partial charge in [-0.25, -0.2) is 14.4 Å². The Labute approximate surface area is 114 Å². The summed E-state index contributed by atoms with van der Waals surface area (Å²) in [6.07, 6.45) is 1.68. The number of rotatable bonds is 5. The van der Waals surface area contributed by atoms with Crippen LogP contribution in [0.5, 0.6) is 11.5 Å². The van der Waals surface area contributed by atoms with Crippen molar-refractivity contribution in [3.8, 4) is 11.5 Å². The van der Waals surface area contributed by atoms with Crippen molar-refractivity contribution in [3.63, 3.8) is 0 Å². The number of ether oxygens (including phenoxy) is 3. The van der Waals surface area contributed by atoms with Crippen LogP contribution in [0, 0.1) is 0 Å². The van der Waals surface area contributed by atoms with Gasteiger partial charge in [-0.05, 0) is 12.1 Å². The number of phenols is 1. The van der Waals surface area contributed by atoms with Crippen LogP contribution in [0.4, 0.5) is 0 Å². The monoisotopic (exact) mass is 280 g/mol. The molecule has 0 spiro atoms. The standard InChI is InChI=1S/C13H12O7/c1-18-11(15)6-7-12(16)19-8-13(17)20-10-5-3-2-4-9(10)14/h2-7,14H,8H2,1H3/b7-6+. The summed E-state index contributed by atoms with van der Waals surface area (Å²) in [6, 6.07) is 5.84. The van der Waals surface area contributed by atoms with Gasteiger partial charge in [0.2, 0.25) is 0 Å². The molecule has 0 aliphatic rings. The van der Waals surface area contributed by atoms with Gasteiger partial charge >= 0.3 is 17.9 Å². The highest BCUT2D eigenvalue weighted by atomic mass is 16.6. The largest absolute Gasteiger partial charge is 0.504 e. The fourth-order valence-electron chi connectivity index (χ4n) is 1.08. The van der Waals surface area contributed by atoms with Crippen LogP contribution in [-0.2, 0) is 23.9 Å². The number of phenolic OH excluding ortho intramolecular Hbond substituents is 1. The lowest BCUT2D eigenvalue weighted by atomic mass is 10.3. The van der Waals surface area contributed by atoms with Crippen molar-refractivity contribution >= 4 is 17.9 Å². The molecule has 7 heteroatoms. The second kappa shape index (κ2) is 7.57. The minimum Gasteiger partial charge on any atom is -0.504 e. The summed E-state index contributed by atoms with van der Waals surface area (Å²) in [4.78, 5) is 33.1. The topological polar surface area (TPSA) is 99.1 Å². The number of aromatic hydroxyl groups is 1. The molecule has 0 saturated heterocycles. The van der Waals surface area contributed by atoms with Crippen molar-refractivity contribution in [2.45, 2.75) is 0 Å². The minimum atomic E-state index is -0.898. The molecular formula is C13H12O7. The highest BCUT2D eigenvalue weighted by Gasteiger charge is 2.10. The molecule has 1 N–H and O–H groups in total. The minimum absolute atomic E-state index is 0.0429. The van der Waals surface area contributed by atoms with Gasteiger partial charge < -0.3 is 19.3 Å². The fraction of sp³-hybridized carbons (Fsp3) is 0.154. The lowest BCUT2D eigenvalue weighted by Gasteiger charge is -2.05. The van der Waals surface area contributed by atoms with Gasteiger partial charge in [0.05, 0.1) is 7.11 Å². The SMILES string of the molecule is COC(=O)/C=C/C(=O)OCC(=O)Oc1ccccc1O. The average Bonchev–Trinajstić information content (AvgIpc) is 2.45. The van der Waals surface area contributed by atoms with Gasteiger partial charge in [-0.3, -0.25) is 0 Å². The summed E-state index contributed by atoms with van der Waals surface area (Å²) in [6.45, 7) is -0.654. The predicted molar refractivity (Wildman–Crippen MR) is 65.9 cm³/mol. The van der Waals surface area contributed by atoms with Crippen LogP contribution < -0.4 is 4.74 Å². The molecular weight excluding hydrogens is 268 g/mol. The summed E-state index contributed by atoms with van der Waals surface area (Å²) in [5.41, 5.74) is 0. The predicted octanol–water partition coefficient (Wildman–Crippen LogP) is 0.570. The third kappa shape index (κ3) is 5.21. The average molecular weight is 280 g/mol. The van der Waals surface area contributed by atoms with Gasteiger partial charge in [0, 0.05) is 12.2 Å². The second-order valence-electron chi connectivity index (χ2n) is 3.41. The van der Waals surface area contributed by atoms with Gasteiger partial charge in [0.1, 0.15) is 0 Å². The zero-order chi connectivity index (χ0) is 15.0. The molecule has 106 valence electrons. The Bertz CT molecular complexity index is 533. The fourth-order valence-corrected chi connectivity index (χ4v) is 1.08. The Balaban J connectivity index is 2.41. The Morgan fingerprint density at radius 3 is 2.45 bits per heavy atom. The van der Waals surface area contributed by atoms with Crippen molar-refractivity contribution < 1.29 is 33.7 Å². The van der Waals surface area contributed by atoms with E-state index in [1.165, 1.54) is 12.1 Å². The normalized spacial score (nSPS) is 10.1. The quantitative estimate of drug-likeness (QED) is 0.478. The Kier molecular flexibility index (Phi) is 5.76. The van der Waals surface area contributed by atoms with Crippen LogP contribution in [-0.4, -0.2) is 36.7 Å². The summed E-state index contributed by atoms with van der Waals surface area (Å²) in [7, 11) is 1.15. The molecule has 1 rings (SSSR count). The van der Waals surface area contributed by atoms with E-state index in [1.807, 2.05) is 0 Å². The van der Waals surface area contributed by atoms with Crippen LogP contribution in [0.25, 0.3) is 0 Å². The number of para-hydroxylation sites is 2. The molecule has 1 aromatic rings. The lowest BCUT2D eigenvalue weighted by Crippen LogP contribution is -2.18. The van der Waals surface area contributed by atoms with E-state index in [2.05, 4.69) is 9.47 Å². The number of methoxy groups -OCH3 is 1. The summed E-state index contributed by atoms with van der Waals surface area (Å²) < 4.78 is 13.5. The molecule has 0 saturated carbocycles.